The van der Waals surface area contributed by atoms with Gasteiger partial charge in [-0.15, -0.1) is 0 Å². The second-order valence-corrected chi connectivity index (χ2v) is 6.98. The SMILES string of the molecule is CC(Nc1c(C(=O)N2CCCC2)cnc2ccc(F)cc12)c1ccccc1. The molecule has 0 aliphatic carbocycles. The maximum absolute atomic E-state index is 14.0. The number of hydrogen-bond acceptors (Lipinski definition) is 3. The van der Waals surface area contributed by atoms with Crippen LogP contribution in [-0.2, 0) is 0 Å². The van der Waals surface area contributed by atoms with E-state index in [2.05, 4.69) is 10.3 Å². The molecule has 0 radical (unpaired) electrons. The van der Waals surface area contributed by atoms with E-state index < -0.39 is 0 Å². The summed E-state index contributed by atoms with van der Waals surface area (Å²) in [6, 6.07) is 14.4. The third kappa shape index (κ3) is 3.50. The number of halogens is 1. The fourth-order valence-electron chi connectivity index (χ4n) is 3.61. The van der Waals surface area contributed by atoms with Crippen molar-refractivity contribution in [2.45, 2.75) is 25.8 Å². The Labute approximate surface area is 158 Å². The highest BCUT2D eigenvalue weighted by Gasteiger charge is 2.24. The Morgan fingerprint density at radius 2 is 1.89 bits per heavy atom. The number of amides is 1. The van der Waals surface area contributed by atoms with E-state index in [4.69, 9.17) is 0 Å². The molecular formula is C22H22FN3O. The molecule has 1 unspecified atom stereocenters. The lowest BCUT2D eigenvalue weighted by Gasteiger charge is -2.22. The number of carbonyl (C=O) groups excluding carboxylic acids is 1. The zero-order valence-corrected chi connectivity index (χ0v) is 15.3. The Balaban J connectivity index is 1.80. The number of hydrogen-bond donors (Lipinski definition) is 1. The molecule has 0 spiro atoms. The molecule has 5 heteroatoms. The molecule has 27 heavy (non-hydrogen) atoms. The molecule has 4 rings (SSSR count). The molecule has 4 nitrogen and oxygen atoms in total. The monoisotopic (exact) mass is 363 g/mol. The van der Waals surface area contributed by atoms with Crippen LogP contribution in [0.5, 0.6) is 0 Å². The van der Waals surface area contributed by atoms with E-state index in [9.17, 15) is 9.18 Å². The van der Waals surface area contributed by atoms with Crippen LogP contribution < -0.4 is 5.32 Å². The number of carbonyl (C=O) groups is 1. The number of nitrogens with one attached hydrogen (secondary N) is 1. The molecule has 138 valence electrons. The van der Waals surface area contributed by atoms with E-state index in [0.717, 1.165) is 31.5 Å². The summed E-state index contributed by atoms with van der Waals surface area (Å²) in [4.78, 5) is 19.3. The molecule has 1 amide bonds. The van der Waals surface area contributed by atoms with Crippen LogP contribution in [0.15, 0.2) is 54.7 Å². The Morgan fingerprint density at radius 1 is 1.15 bits per heavy atom. The fourth-order valence-corrected chi connectivity index (χ4v) is 3.61. The Morgan fingerprint density at radius 3 is 2.63 bits per heavy atom. The van der Waals surface area contributed by atoms with Gasteiger partial charge in [0, 0.05) is 30.7 Å². The van der Waals surface area contributed by atoms with Gasteiger partial charge in [0.2, 0.25) is 0 Å². The summed E-state index contributed by atoms with van der Waals surface area (Å²) in [5.41, 5.74) is 2.90. The molecule has 1 atom stereocenters. The van der Waals surface area contributed by atoms with Crippen LogP contribution in [0.1, 0.15) is 41.7 Å². The van der Waals surface area contributed by atoms with Gasteiger partial charge in [0.05, 0.1) is 16.8 Å². The smallest absolute Gasteiger partial charge is 0.257 e. The number of rotatable bonds is 4. The number of likely N-dealkylation sites (tertiary alicyclic amines) is 1. The van der Waals surface area contributed by atoms with Gasteiger partial charge in [0.15, 0.2) is 0 Å². The van der Waals surface area contributed by atoms with Gasteiger partial charge >= 0.3 is 0 Å². The maximum atomic E-state index is 14.0. The lowest BCUT2D eigenvalue weighted by Crippen LogP contribution is -2.28. The fraction of sp³-hybridized carbons (Fsp3) is 0.273. The lowest BCUT2D eigenvalue weighted by atomic mass is 10.0. The number of anilines is 1. The quantitative estimate of drug-likeness (QED) is 0.725. The second-order valence-electron chi connectivity index (χ2n) is 6.98. The normalized spacial score (nSPS) is 15.1. The topological polar surface area (TPSA) is 45.2 Å². The van der Waals surface area contributed by atoms with Crippen molar-refractivity contribution in [2.24, 2.45) is 0 Å². The van der Waals surface area contributed by atoms with E-state index in [1.165, 1.54) is 12.1 Å². The van der Waals surface area contributed by atoms with Crippen molar-refractivity contribution < 1.29 is 9.18 Å². The first-order valence-electron chi connectivity index (χ1n) is 9.32. The summed E-state index contributed by atoms with van der Waals surface area (Å²) in [5, 5.41) is 4.07. The van der Waals surface area contributed by atoms with Gasteiger partial charge in [0.1, 0.15) is 5.82 Å². The minimum absolute atomic E-state index is 0.0369. The van der Waals surface area contributed by atoms with Gasteiger partial charge in [0.25, 0.3) is 5.91 Å². The molecule has 1 fully saturated rings. The van der Waals surface area contributed by atoms with Crippen LogP contribution >= 0.6 is 0 Å². The summed E-state index contributed by atoms with van der Waals surface area (Å²) >= 11 is 0. The average molecular weight is 363 g/mol. The third-order valence-electron chi connectivity index (χ3n) is 5.11. The standard InChI is InChI=1S/C22H22FN3O/c1-15(16-7-3-2-4-8-16)25-21-18-13-17(23)9-10-20(18)24-14-19(21)22(27)26-11-5-6-12-26/h2-4,7-10,13-15H,5-6,11-12H2,1H3,(H,24,25). The van der Waals surface area contributed by atoms with Gasteiger partial charge in [-0.3, -0.25) is 9.78 Å². The van der Waals surface area contributed by atoms with Gasteiger partial charge in [-0.05, 0) is 43.5 Å². The highest BCUT2D eigenvalue weighted by molar-refractivity contribution is 6.07. The number of benzene rings is 2. The highest BCUT2D eigenvalue weighted by atomic mass is 19.1. The van der Waals surface area contributed by atoms with E-state index in [1.807, 2.05) is 42.2 Å². The molecular weight excluding hydrogens is 341 g/mol. The van der Waals surface area contributed by atoms with Crippen LogP contribution in [-0.4, -0.2) is 28.9 Å². The highest BCUT2D eigenvalue weighted by Crippen LogP contribution is 2.31. The Bertz CT molecular complexity index is 968. The van der Waals surface area contributed by atoms with Crippen LogP contribution in [0, 0.1) is 5.82 Å². The van der Waals surface area contributed by atoms with Crippen molar-refractivity contribution in [3.05, 3.63) is 71.7 Å². The summed E-state index contributed by atoms with van der Waals surface area (Å²) in [6.45, 7) is 3.55. The zero-order valence-electron chi connectivity index (χ0n) is 15.3. The van der Waals surface area contributed by atoms with Crippen LogP contribution in [0.4, 0.5) is 10.1 Å². The van der Waals surface area contributed by atoms with Crippen LogP contribution in [0.3, 0.4) is 0 Å². The molecule has 1 aliphatic rings. The molecule has 1 aromatic heterocycles. The first kappa shape index (κ1) is 17.5. The third-order valence-corrected chi connectivity index (χ3v) is 5.11. The molecule has 1 aliphatic heterocycles. The van der Waals surface area contributed by atoms with Gasteiger partial charge < -0.3 is 10.2 Å². The van der Waals surface area contributed by atoms with Crippen molar-refractivity contribution in [3.63, 3.8) is 0 Å². The first-order chi connectivity index (χ1) is 13.1. The lowest BCUT2D eigenvalue weighted by molar-refractivity contribution is 0.0793. The predicted octanol–water partition coefficient (Wildman–Crippen LogP) is 4.78. The number of pyridine rings is 1. The molecule has 3 aromatic rings. The first-order valence-corrected chi connectivity index (χ1v) is 9.32. The summed E-state index contributed by atoms with van der Waals surface area (Å²) in [6.07, 6.45) is 3.65. The molecule has 1 N–H and O–H groups in total. The number of aromatic nitrogens is 1. The minimum atomic E-state index is -0.342. The second kappa shape index (κ2) is 7.35. The Hall–Kier alpha value is -2.95. The Kier molecular flexibility index (Phi) is 4.75. The predicted molar refractivity (Wildman–Crippen MR) is 105 cm³/mol. The van der Waals surface area contributed by atoms with Crippen molar-refractivity contribution in [1.29, 1.82) is 0 Å². The molecule has 0 bridgehead atoms. The van der Waals surface area contributed by atoms with Gasteiger partial charge in [-0.2, -0.15) is 0 Å². The molecule has 2 aromatic carbocycles. The maximum Gasteiger partial charge on any atom is 0.257 e. The van der Waals surface area contributed by atoms with E-state index in [0.29, 0.717) is 22.2 Å². The minimum Gasteiger partial charge on any atom is -0.377 e. The summed E-state index contributed by atoms with van der Waals surface area (Å²) in [7, 11) is 0. The average Bonchev–Trinajstić information content (AvgIpc) is 3.23. The van der Waals surface area contributed by atoms with Crippen LogP contribution in [0.2, 0.25) is 0 Å². The molecule has 2 heterocycles. The van der Waals surface area contributed by atoms with Crippen molar-refractivity contribution in [3.8, 4) is 0 Å². The van der Waals surface area contributed by atoms with E-state index >= 15 is 0 Å². The van der Waals surface area contributed by atoms with Gasteiger partial charge in [-0.1, -0.05) is 30.3 Å². The van der Waals surface area contributed by atoms with Crippen molar-refractivity contribution in [1.82, 2.24) is 9.88 Å². The summed E-state index contributed by atoms with van der Waals surface area (Å²) in [5.74, 6) is -0.389. The zero-order chi connectivity index (χ0) is 18.8. The van der Waals surface area contributed by atoms with Gasteiger partial charge in [-0.25, -0.2) is 4.39 Å². The van der Waals surface area contributed by atoms with Crippen LogP contribution in [0.25, 0.3) is 10.9 Å². The molecule has 1 saturated heterocycles. The van der Waals surface area contributed by atoms with Crippen molar-refractivity contribution >= 4 is 22.5 Å². The largest absolute Gasteiger partial charge is 0.377 e. The van der Waals surface area contributed by atoms with E-state index in [-0.39, 0.29) is 17.8 Å². The number of nitrogens with zero attached hydrogens (tertiary/aromatic N) is 2. The van der Waals surface area contributed by atoms with E-state index in [1.54, 1.807) is 12.3 Å². The van der Waals surface area contributed by atoms with Crippen molar-refractivity contribution in [2.75, 3.05) is 18.4 Å². The molecule has 0 saturated carbocycles. The summed E-state index contributed by atoms with van der Waals surface area (Å²) < 4.78 is 14.0. The number of fused-ring (bicyclic) bond motifs is 1.